The topological polar surface area (TPSA) is 50.2 Å². The number of nitrogens with one attached hydrogen (secondary N) is 1. The van der Waals surface area contributed by atoms with Crippen LogP contribution < -0.4 is 5.56 Å². The maximum atomic E-state index is 13.4. The molecule has 1 aliphatic rings. The van der Waals surface area contributed by atoms with E-state index >= 15 is 0 Å². The van der Waals surface area contributed by atoms with Crippen LogP contribution in [0.25, 0.3) is 11.2 Å². The van der Waals surface area contributed by atoms with Crippen molar-refractivity contribution in [2.75, 3.05) is 0 Å². The van der Waals surface area contributed by atoms with Gasteiger partial charge in [0.2, 0.25) is 0 Å². The van der Waals surface area contributed by atoms with Gasteiger partial charge in [-0.15, -0.1) is 0 Å². The average molecular weight is 329 g/mol. The number of H-pyrrole nitrogens is 1. The summed E-state index contributed by atoms with van der Waals surface area (Å²) >= 11 is 0. The van der Waals surface area contributed by atoms with Crippen LogP contribution in [0.2, 0.25) is 0 Å². The van der Waals surface area contributed by atoms with Crippen molar-refractivity contribution in [3.05, 3.63) is 87.3 Å². The number of nitrogens with zero attached hydrogens (tertiary/aromatic N) is 2. The average Bonchev–Trinajstić information content (AvgIpc) is 2.95. The van der Waals surface area contributed by atoms with E-state index in [0.717, 1.165) is 17.7 Å². The number of halogens is 3. The van der Waals surface area contributed by atoms with Crippen molar-refractivity contribution in [2.45, 2.75) is 6.42 Å². The van der Waals surface area contributed by atoms with Gasteiger partial charge in [-0.05, 0) is 17.7 Å². The van der Waals surface area contributed by atoms with Crippen molar-refractivity contribution in [3.8, 4) is 0 Å². The molecule has 0 fully saturated rings. The Morgan fingerprint density at radius 3 is 2.50 bits per heavy atom. The number of benzene rings is 1. The van der Waals surface area contributed by atoms with Crippen molar-refractivity contribution >= 4 is 11.2 Å². The van der Waals surface area contributed by atoms with Gasteiger partial charge in [-0.3, -0.25) is 9.89 Å². The fourth-order valence-corrected chi connectivity index (χ4v) is 2.66. The molecular formula is C17H10F3N3O. The van der Waals surface area contributed by atoms with E-state index < -0.39 is 17.5 Å². The van der Waals surface area contributed by atoms with Crippen LogP contribution in [0.5, 0.6) is 0 Å². The van der Waals surface area contributed by atoms with Gasteiger partial charge in [0.1, 0.15) is 0 Å². The van der Waals surface area contributed by atoms with Gasteiger partial charge in [0, 0.05) is 24.3 Å². The molecule has 0 radical (unpaired) electrons. The Balaban J connectivity index is 1.89. The number of aromatic amines is 1. The van der Waals surface area contributed by atoms with E-state index in [1.165, 1.54) is 4.52 Å². The van der Waals surface area contributed by atoms with Gasteiger partial charge in [0.05, 0.1) is 11.3 Å². The molecule has 4 nitrogen and oxygen atoms in total. The SMILES string of the molecule is O=c1c(Cc2cc(F)c(F)c(F)c2)c(C2=CC=C2)nc2cc[nH]n12. The van der Waals surface area contributed by atoms with Crippen molar-refractivity contribution < 1.29 is 13.2 Å². The van der Waals surface area contributed by atoms with E-state index in [1.54, 1.807) is 30.5 Å². The van der Waals surface area contributed by atoms with E-state index in [-0.39, 0.29) is 23.1 Å². The third kappa shape index (κ3) is 2.17. The highest BCUT2D eigenvalue weighted by Gasteiger charge is 2.19. The summed E-state index contributed by atoms with van der Waals surface area (Å²) in [6.45, 7) is 0. The first kappa shape index (κ1) is 14.5. The van der Waals surface area contributed by atoms with Crippen LogP contribution >= 0.6 is 0 Å². The van der Waals surface area contributed by atoms with E-state index in [1.807, 2.05) is 0 Å². The van der Waals surface area contributed by atoms with Gasteiger partial charge in [-0.2, -0.15) is 0 Å². The molecule has 0 saturated carbocycles. The van der Waals surface area contributed by atoms with Crippen LogP contribution in [0.1, 0.15) is 16.8 Å². The Labute approximate surface area is 133 Å². The Morgan fingerprint density at radius 2 is 1.88 bits per heavy atom. The summed E-state index contributed by atoms with van der Waals surface area (Å²) < 4.78 is 41.2. The summed E-state index contributed by atoms with van der Waals surface area (Å²) in [6.07, 6.45) is 6.89. The van der Waals surface area contributed by atoms with Crippen LogP contribution in [0, 0.1) is 17.5 Å². The van der Waals surface area contributed by atoms with Crippen LogP contribution in [0.4, 0.5) is 13.2 Å². The minimum atomic E-state index is -1.53. The minimum Gasteiger partial charge on any atom is -0.297 e. The number of allylic oxidation sites excluding steroid dienone is 4. The van der Waals surface area contributed by atoms with Gasteiger partial charge in [0.15, 0.2) is 23.1 Å². The minimum absolute atomic E-state index is 0.0670. The normalized spacial score (nSPS) is 13.2. The number of hydrogen-bond donors (Lipinski definition) is 1. The fourth-order valence-electron chi connectivity index (χ4n) is 2.66. The van der Waals surface area contributed by atoms with E-state index in [0.29, 0.717) is 11.3 Å². The summed E-state index contributed by atoms with van der Waals surface area (Å²) in [4.78, 5) is 17.1. The first-order valence-corrected chi connectivity index (χ1v) is 7.16. The highest BCUT2D eigenvalue weighted by atomic mass is 19.2. The summed E-state index contributed by atoms with van der Waals surface area (Å²) in [5, 5.41) is 2.74. The first-order chi connectivity index (χ1) is 11.5. The van der Waals surface area contributed by atoms with Gasteiger partial charge >= 0.3 is 0 Å². The predicted octanol–water partition coefficient (Wildman–Crippen LogP) is 2.98. The molecular weight excluding hydrogens is 319 g/mol. The summed E-state index contributed by atoms with van der Waals surface area (Å²) in [6, 6.07) is 3.42. The number of aromatic nitrogens is 3. The molecule has 7 heteroatoms. The zero-order chi connectivity index (χ0) is 16.8. The van der Waals surface area contributed by atoms with E-state index in [9.17, 15) is 18.0 Å². The molecule has 2 heterocycles. The van der Waals surface area contributed by atoms with Gasteiger partial charge in [-0.1, -0.05) is 18.2 Å². The van der Waals surface area contributed by atoms with Crippen LogP contribution in [0.3, 0.4) is 0 Å². The summed E-state index contributed by atoms with van der Waals surface area (Å²) in [5.41, 5.74) is 1.71. The van der Waals surface area contributed by atoms with Crippen molar-refractivity contribution in [1.82, 2.24) is 14.6 Å². The summed E-state index contributed by atoms with van der Waals surface area (Å²) in [5.74, 6) is -4.11. The second-order valence-electron chi connectivity index (χ2n) is 5.43. The Kier molecular flexibility index (Phi) is 3.16. The van der Waals surface area contributed by atoms with Gasteiger partial charge in [0.25, 0.3) is 5.56 Å². The fraction of sp³-hybridized carbons (Fsp3) is 0.0588. The molecule has 24 heavy (non-hydrogen) atoms. The van der Waals surface area contributed by atoms with Crippen LogP contribution in [0.15, 0.2) is 47.4 Å². The molecule has 0 saturated heterocycles. The third-order valence-corrected chi connectivity index (χ3v) is 3.89. The van der Waals surface area contributed by atoms with Gasteiger partial charge < -0.3 is 0 Å². The molecule has 0 spiro atoms. The lowest BCUT2D eigenvalue weighted by Crippen LogP contribution is -2.23. The monoisotopic (exact) mass is 329 g/mol. The van der Waals surface area contributed by atoms with Crippen LogP contribution in [-0.2, 0) is 6.42 Å². The molecule has 1 N–H and O–H groups in total. The molecule has 2 aromatic heterocycles. The maximum absolute atomic E-state index is 13.4. The number of rotatable bonds is 3. The molecule has 4 rings (SSSR count). The zero-order valence-electron chi connectivity index (χ0n) is 12.2. The van der Waals surface area contributed by atoms with Gasteiger partial charge in [-0.25, -0.2) is 22.7 Å². The molecule has 0 aliphatic heterocycles. The van der Waals surface area contributed by atoms with Crippen LogP contribution in [-0.4, -0.2) is 14.6 Å². The molecule has 0 atom stereocenters. The molecule has 0 unspecified atom stereocenters. The molecule has 3 aromatic rings. The molecule has 0 amide bonds. The second-order valence-corrected chi connectivity index (χ2v) is 5.43. The molecule has 1 aromatic carbocycles. The second kappa shape index (κ2) is 5.23. The van der Waals surface area contributed by atoms with E-state index in [4.69, 9.17) is 0 Å². The lowest BCUT2D eigenvalue weighted by atomic mass is 9.96. The smallest absolute Gasteiger partial charge is 0.276 e. The first-order valence-electron chi connectivity index (χ1n) is 7.16. The standard InChI is InChI=1S/C17H10F3N3O/c18-12-7-9(8-13(19)15(12)20)6-11-16(10-2-1-3-10)22-14-4-5-21-23(14)17(11)24/h1-5,7-8,21H,6H2. The quantitative estimate of drug-likeness (QED) is 0.751. The highest BCUT2D eigenvalue weighted by molar-refractivity contribution is 5.81. The largest absolute Gasteiger partial charge is 0.297 e. The zero-order valence-corrected chi connectivity index (χ0v) is 12.2. The Bertz CT molecular complexity index is 1070. The van der Waals surface area contributed by atoms with Crippen molar-refractivity contribution in [2.24, 2.45) is 0 Å². The van der Waals surface area contributed by atoms with Crippen molar-refractivity contribution in [1.29, 1.82) is 0 Å². The number of hydrogen-bond acceptors (Lipinski definition) is 2. The number of fused-ring (bicyclic) bond motifs is 1. The maximum Gasteiger partial charge on any atom is 0.276 e. The lowest BCUT2D eigenvalue weighted by Gasteiger charge is -2.13. The molecule has 1 aliphatic carbocycles. The lowest BCUT2D eigenvalue weighted by molar-refractivity contribution is 0.445. The highest BCUT2D eigenvalue weighted by Crippen LogP contribution is 2.25. The van der Waals surface area contributed by atoms with Crippen molar-refractivity contribution in [3.63, 3.8) is 0 Å². The molecule has 0 bridgehead atoms. The van der Waals surface area contributed by atoms with E-state index in [2.05, 4.69) is 10.1 Å². The Morgan fingerprint density at radius 1 is 1.17 bits per heavy atom. The third-order valence-electron chi connectivity index (χ3n) is 3.89. The predicted molar refractivity (Wildman–Crippen MR) is 82.1 cm³/mol. The Hall–Kier alpha value is -3.09. The molecule has 120 valence electrons. The summed E-state index contributed by atoms with van der Waals surface area (Å²) in [7, 11) is 0.